The summed E-state index contributed by atoms with van der Waals surface area (Å²) in [4.78, 5) is 7.13. The van der Waals surface area contributed by atoms with Crippen molar-refractivity contribution in [2.45, 2.75) is 31.5 Å². The van der Waals surface area contributed by atoms with Gasteiger partial charge in [0.25, 0.3) is 5.92 Å². The van der Waals surface area contributed by atoms with E-state index in [1.807, 2.05) is 0 Å². The number of piperidine rings is 1. The first-order valence-corrected chi connectivity index (χ1v) is 6.42. The van der Waals surface area contributed by atoms with Crippen LogP contribution in [0.25, 0.3) is 0 Å². The molecular weight excluding hydrogens is 375 g/mol. The fourth-order valence-corrected chi connectivity index (χ4v) is 2.21. The molecule has 0 unspecified atom stereocenters. The zero-order valence-corrected chi connectivity index (χ0v) is 13.3. The molecule has 4 nitrogen and oxygen atoms in total. The highest BCUT2D eigenvalue weighted by molar-refractivity contribution is 8.93. The Morgan fingerprint density at radius 2 is 1.91 bits per heavy atom. The lowest BCUT2D eigenvalue weighted by molar-refractivity contribution is -0.138. The van der Waals surface area contributed by atoms with Crippen LogP contribution in [0.15, 0.2) is 12.4 Å². The molecule has 2 rings (SSSR count). The van der Waals surface area contributed by atoms with Gasteiger partial charge in [-0.1, -0.05) is 6.92 Å². The van der Waals surface area contributed by atoms with E-state index >= 15 is 0 Å². The monoisotopic (exact) mass is 390 g/mol. The van der Waals surface area contributed by atoms with Gasteiger partial charge < -0.3 is 10.6 Å². The summed E-state index contributed by atoms with van der Waals surface area (Å²) in [7, 11) is 0. The topological polar surface area (TPSA) is 49.8 Å². The van der Waals surface area contributed by atoms with Crippen LogP contribution < -0.4 is 10.6 Å². The Morgan fingerprint density at radius 3 is 2.41 bits per heavy atom. The summed E-state index contributed by atoms with van der Waals surface area (Å²) in [6.45, 7) is 1.56. The quantitative estimate of drug-likeness (QED) is 0.778. The summed E-state index contributed by atoms with van der Waals surface area (Å²) in [5, 5.41) is 5.47. The molecule has 0 radical (unpaired) electrons. The molecule has 0 spiro atoms. The maximum atomic E-state index is 13.1. The largest absolute Gasteiger partial charge is 0.419 e. The third kappa shape index (κ3) is 5.01. The van der Waals surface area contributed by atoms with Crippen molar-refractivity contribution in [3.8, 4) is 0 Å². The summed E-state index contributed by atoms with van der Waals surface area (Å²) < 4.78 is 63.3. The van der Waals surface area contributed by atoms with Gasteiger partial charge in [-0.15, -0.1) is 17.0 Å². The third-order valence-corrected chi connectivity index (χ3v) is 3.39. The molecule has 0 saturated carbocycles. The first kappa shape index (κ1) is 19.0. The van der Waals surface area contributed by atoms with Crippen LogP contribution in [0.4, 0.5) is 27.9 Å². The Morgan fingerprint density at radius 1 is 1.32 bits per heavy atom. The maximum absolute atomic E-state index is 13.1. The van der Waals surface area contributed by atoms with Gasteiger partial charge in [0, 0.05) is 31.4 Å². The van der Waals surface area contributed by atoms with E-state index in [9.17, 15) is 22.0 Å². The summed E-state index contributed by atoms with van der Waals surface area (Å²) in [6, 6.07) is -0.212. The molecule has 1 aliphatic heterocycles. The molecule has 1 aliphatic rings. The van der Waals surface area contributed by atoms with E-state index in [0.29, 0.717) is 12.4 Å². The number of nitrogens with one attached hydrogen (secondary N) is 2. The van der Waals surface area contributed by atoms with Gasteiger partial charge in [0.05, 0.1) is 12.1 Å². The Kier molecular flexibility index (Phi) is 6.08. The van der Waals surface area contributed by atoms with Crippen molar-refractivity contribution in [2.24, 2.45) is 5.92 Å². The molecule has 0 aromatic carbocycles. The smallest absolute Gasteiger partial charge is 0.353 e. The van der Waals surface area contributed by atoms with Gasteiger partial charge in [-0.25, -0.2) is 18.7 Å². The normalized spacial score (nSPS) is 24.5. The van der Waals surface area contributed by atoms with E-state index in [0.717, 1.165) is 0 Å². The fraction of sp³-hybridized carbons (Fsp3) is 0.667. The average Bonchev–Trinajstić information content (AvgIpc) is 2.36. The number of aromatic nitrogens is 2. The number of hydrogen-bond acceptors (Lipinski definition) is 4. The molecule has 2 heterocycles. The lowest BCUT2D eigenvalue weighted by Crippen LogP contribution is -2.52. The van der Waals surface area contributed by atoms with Gasteiger partial charge in [0.2, 0.25) is 5.95 Å². The zero-order chi connectivity index (χ0) is 15.7. The molecule has 10 heteroatoms. The van der Waals surface area contributed by atoms with E-state index in [-0.39, 0.29) is 47.9 Å². The molecule has 0 amide bonds. The Bertz CT molecular complexity index is 479. The second-order valence-electron chi connectivity index (χ2n) is 5.20. The standard InChI is InChI=1S/C12H15F5N4.BrH/c1-7-2-11(13,14)6-21-9(7)5-20-10-18-3-8(4-19-10)12(15,16)17;/h3-4,7,9,21H,2,5-6H2,1H3,(H,18,19,20);1H/t7-,9-;/m1./s1. The lowest BCUT2D eigenvalue weighted by Gasteiger charge is -2.35. The molecule has 2 atom stereocenters. The molecule has 126 valence electrons. The molecular formula is C12H16BrF5N4. The minimum absolute atomic E-state index is 0. The van der Waals surface area contributed by atoms with Crippen LogP contribution in [0.1, 0.15) is 18.9 Å². The second-order valence-corrected chi connectivity index (χ2v) is 5.20. The molecule has 1 aromatic rings. The predicted molar refractivity (Wildman–Crippen MR) is 76.4 cm³/mol. The van der Waals surface area contributed by atoms with E-state index < -0.39 is 24.2 Å². The van der Waals surface area contributed by atoms with Crippen molar-refractivity contribution >= 4 is 22.9 Å². The van der Waals surface area contributed by atoms with E-state index in [1.165, 1.54) is 0 Å². The minimum Gasteiger partial charge on any atom is -0.353 e. The lowest BCUT2D eigenvalue weighted by atomic mass is 9.90. The van der Waals surface area contributed by atoms with Crippen LogP contribution in [-0.4, -0.2) is 35.0 Å². The third-order valence-electron chi connectivity index (χ3n) is 3.39. The van der Waals surface area contributed by atoms with E-state index in [2.05, 4.69) is 20.6 Å². The molecule has 0 bridgehead atoms. The van der Waals surface area contributed by atoms with Gasteiger partial charge in [0.1, 0.15) is 0 Å². The molecule has 1 saturated heterocycles. The Hall–Kier alpha value is -1.03. The first-order valence-electron chi connectivity index (χ1n) is 6.42. The molecule has 1 fully saturated rings. The number of halogens is 6. The number of nitrogens with zero attached hydrogens (tertiary/aromatic N) is 2. The number of hydrogen-bond donors (Lipinski definition) is 2. The predicted octanol–water partition coefficient (Wildman–Crippen LogP) is 3.12. The van der Waals surface area contributed by atoms with Gasteiger partial charge in [-0.2, -0.15) is 13.2 Å². The number of anilines is 1. The van der Waals surface area contributed by atoms with Crippen molar-refractivity contribution in [3.63, 3.8) is 0 Å². The summed E-state index contributed by atoms with van der Waals surface area (Å²) >= 11 is 0. The van der Waals surface area contributed by atoms with Gasteiger partial charge in [0.15, 0.2) is 0 Å². The van der Waals surface area contributed by atoms with Crippen molar-refractivity contribution in [1.29, 1.82) is 0 Å². The summed E-state index contributed by atoms with van der Waals surface area (Å²) in [5.74, 6) is -2.95. The number of rotatable bonds is 3. The summed E-state index contributed by atoms with van der Waals surface area (Å²) in [5.41, 5.74) is -0.933. The zero-order valence-electron chi connectivity index (χ0n) is 11.6. The molecule has 22 heavy (non-hydrogen) atoms. The van der Waals surface area contributed by atoms with E-state index in [4.69, 9.17) is 0 Å². The van der Waals surface area contributed by atoms with Gasteiger partial charge >= 0.3 is 6.18 Å². The van der Waals surface area contributed by atoms with Gasteiger partial charge in [-0.3, -0.25) is 0 Å². The highest BCUT2D eigenvalue weighted by atomic mass is 79.9. The van der Waals surface area contributed by atoms with E-state index in [1.54, 1.807) is 6.92 Å². The second kappa shape index (κ2) is 7.03. The molecule has 1 aromatic heterocycles. The van der Waals surface area contributed by atoms with Crippen LogP contribution >= 0.6 is 17.0 Å². The minimum atomic E-state index is -4.48. The Balaban J connectivity index is 0.00000242. The van der Waals surface area contributed by atoms with Crippen LogP contribution in [0.5, 0.6) is 0 Å². The summed E-state index contributed by atoms with van der Waals surface area (Å²) in [6.07, 6.45) is -3.34. The SMILES string of the molecule is Br.C[C@@H]1CC(F)(F)CN[C@@H]1CNc1ncc(C(F)(F)F)cn1. The van der Waals surface area contributed by atoms with Crippen LogP contribution in [0.3, 0.4) is 0 Å². The number of alkyl halides is 5. The average molecular weight is 391 g/mol. The van der Waals surface area contributed by atoms with Crippen LogP contribution in [0.2, 0.25) is 0 Å². The first-order chi connectivity index (χ1) is 9.67. The highest BCUT2D eigenvalue weighted by Crippen LogP contribution is 2.29. The van der Waals surface area contributed by atoms with Crippen molar-refractivity contribution < 1.29 is 22.0 Å². The van der Waals surface area contributed by atoms with Crippen LogP contribution in [-0.2, 0) is 6.18 Å². The van der Waals surface area contributed by atoms with Crippen molar-refractivity contribution in [2.75, 3.05) is 18.4 Å². The fourth-order valence-electron chi connectivity index (χ4n) is 2.21. The van der Waals surface area contributed by atoms with Gasteiger partial charge in [-0.05, 0) is 5.92 Å². The Labute approximate surface area is 134 Å². The highest BCUT2D eigenvalue weighted by Gasteiger charge is 2.39. The van der Waals surface area contributed by atoms with Crippen molar-refractivity contribution in [1.82, 2.24) is 15.3 Å². The maximum Gasteiger partial charge on any atom is 0.419 e. The molecule has 2 N–H and O–H groups in total. The van der Waals surface area contributed by atoms with Crippen molar-refractivity contribution in [3.05, 3.63) is 18.0 Å². The molecule has 0 aliphatic carbocycles. The van der Waals surface area contributed by atoms with Crippen LogP contribution in [0, 0.1) is 5.92 Å².